The maximum absolute atomic E-state index is 13.4. The number of rotatable bonds is 7. The molecular weight excluding hydrogens is 476 g/mol. The first-order valence-corrected chi connectivity index (χ1v) is 12.4. The van der Waals surface area contributed by atoms with Crippen molar-refractivity contribution < 1.29 is 24.2 Å². The van der Waals surface area contributed by atoms with Gasteiger partial charge < -0.3 is 14.6 Å². The number of aliphatic hydroxyl groups excluding tert-OH is 1. The van der Waals surface area contributed by atoms with Crippen LogP contribution in [0, 0.1) is 0 Å². The number of ether oxygens (including phenoxy) is 2. The quantitative estimate of drug-likeness (QED) is 0.198. The largest absolute Gasteiger partial charge is 0.507 e. The molecular formula is C28H24N2O5S. The Balaban J connectivity index is 1.69. The van der Waals surface area contributed by atoms with Crippen molar-refractivity contribution in [3.8, 4) is 11.5 Å². The minimum Gasteiger partial charge on any atom is -0.507 e. The number of aliphatic hydroxyl groups is 1. The molecule has 8 heteroatoms. The normalized spacial score (nSPS) is 17.1. The summed E-state index contributed by atoms with van der Waals surface area (Å²) < 4.78 is 11.9. The van der Waals surface area contributed by atoms with E-state index in [2.05, 4.69) is 4.98 Å². The summed E-state index contributed by atoms with van der Waals surface area (Å²) in [5.74, 6) is -0.458. The average Bonchev–Trinajstić information content (AvgIpc) is 3.45. The lowest BCUT2D eigenvalue weighted by Gasteiger charge is -2.23. The first-order chi connectivity index (χ1) is 17.5. The fraction of sp³-hybridized carbons (Fsp3) is 0.179. The van der Waals surface area contributed by atoms with Crippen molar-refractivity contribution in [1.29, 1.82) is 0 Å². The number of fused-ring (bicyclic) bond motifs is 1. The van der Waals surface area contributed by atoms with Gasteiger partial charge in [-0.15, -0.1) is 0 Å². The van der Waals surface area contributed by atoms with Crippen LogP contribution in [0.3, 0.4) is 0 Å². The highest BCUT2D eigenvalue weighted by molar-refractivity contribution is 7.22. The monoisotopic (exact) mass is 500 g/mol. The number of thiazole rings is 1. The summed E-state index contributed by atoms with van der Waals surface area (Å²) in [6.07, 6.45) is 0.839. The topological polar surface area (TPSA) is 89.0 Å². The van der Waals surface area contributed by atoms with E-state index >= 15 is 0 Å². The lowest BCUT2D eigenvalue weighted by molar-refractivity contribution is -0.132. The van der Waals surface area contributed by atoms with Crippen LogP contribution >= 0.6 is 11.3 Å². The highest BCUT2D eigenvalue weighted by Crippen LogP contribution is 2.45. The fourth-order valence-electron chi connectivity index (χ4n) is 4.21. The fourth-order valence-corrected chi connectivity index (χ4v) is 5.23. The molecule has 1 unspecified atom stereocenters. The van der Waals surface area contributed by atoms with Crippen LogP contribution in [-0.4, -0.2) is 35.5 Å². The predicted octanol–water partition coefficient (Wildman–Crippen LogP) is 5.72. The Hall–Kier alpha value is -4.17. The van der Waals surface area contributed by atoms with E-state index < -0.39 is 17.7 Å². The van der Waals surface area contributed by atoms with Gasteiger partial charge in [-0.25, -0.2) is 4.98 Å². The van der Waals surface area contributed by atoms with Gasteiger partial charge in [0, 0.05) is 5.56 Å². The Morgan fingerprint density at radius 2 is 1.83 bits per heavy atom. The zero-order valence-corrected chi connectivity index (χ0v) is 20.6. The molecule has 0 saturated carbocycles. The van der Waals surface area contributed by atoms with Gasteiger partial charge in [-0.1, -0.05) is 60.7 Å². The first kappa shape index (κ1) is 23.6. The molecule has 182 valence electrons. The standard InChI is InChI=1S/C28H24N2O5S/c1-3-14-35-20-11-7-10-18(15-20)24-23(25(31)17-8-5-4-6-9-17)26(32)27(33)30(24)28-29-21-13-12-19(34-2)16-22(21)36-28/h4-13,15-16,24,31H,3,14H2,1-2H3. The molecule has 0 spiro atoms. The highest BCUT2D eigenvalue weighted by Gasteiger charge is 2.48. The Morgan fingerprint density at radius 1 is 1.03 bits per heavy atom. The molecule has 0 aliphatic carbocycles. The molecule has 1 aliphatic heterocycles. The lowest BCUT2D eigenvalue weighted by Crippen LogP contribution is -2.29. The van der Waals surface area contributed by atoms with Crippen LogP contribution in [0.4, 0.5) is 5.13 Å². The van der Waals surface area contributed by atoms with E-state index in [-0.39, 0.29) is 11.3 Å². The molecule has 7 nitrogen and oxygen atoms in total. The van der Waals surface area contributed by atoms with E-state index in [1.54, 1.807) is 43.5 Å². The number of ketones is 1. The van der Waals surface area contributed by atoms with Crippen molar-refractivity contribution >= 4 is 44.1 Å². The number of nitrogens with zero attached hydrogens (tertiary/aromatic N) is 2. The van der Waals surface area contributed by atoms with E-state index in [0.717, 1.165) is 11.1 Å². The van der Waals surface area contributed by atoms with E-state index in [9.17, 15) is 14.7 Å². The number of amides is 1. The molecule has 0 bridgehead atoms. The summed E-state index contributed by atoms with van der Waals surface area (Å²) in [6.45, 7) is 2.55. The zero-order chi connectivity index (χ0) is 25.2. The number of anilines is 1. The molecule has 4 aromatic rings. The van der Waals surface area contributed by atoms with Gasteiger partial charge in [-0.3, -0.25) is 14.5 Å². The molecule has 3 aromatic carbocycles. The van der Waals surface area contributed by atoms with E-state index in [1.165, 1.54) is 16.2 Å². The molecule has 36 heavy (non-hydrogen) atoms. The molecule has 1 N–H and O–H groups in total. The number of carbonyl (C=O) groups is 2. The van der Waals surface area contributed by atoms with Gasteiger partial charge in [0.1, 0.15) is 17.3 Å². The summed E-state index contributed by atoms with van der Waals surface area (Å²) in [4.78, 5) is 32.8. The smallest absolute Gasteiger partial charge is 0.301 e. The van der Waals surface area contributed by atoms with Gasteiger partial charge in [0.05, 0.1) is 35.5 Å². The van der Waals surface area contributed by atoms with Crippen LogP contribution in [0.2, 0.25) is 0 Å². The molecule has 0 radical (unpaired) electrons. The van der Waals surface area contributed by atoms with Gasteiger partial charge in [-0.2, -0.15) is 0 Å². The maximum atomic E-state index is 13.4. The number of Topliss-reactive ketones (excluding diaryl/α,β-unsaturated/α-hetero) is 1. The summed E-state index contributed by atoms with van der Waals surface area (Å²) in [6, 6.07) is 20.6. The van der Waals surface area contributed by atoms with Gasteiger partial charge >= 0.3 is 5.91 Å². The van der Waals surface area contributed by atoms with Gasteiger partial charge in [0.15, 0.2) is 5.13 Å². The molecule has 1 aliphatic rings. The summed E-state index contributed by atoms with van der Waals surface area (Å²) in [7, 11) is 1.58. The van der Waals surface area contributed by atoms with Gasteiger partial charge in [0.2, 0.25) is 0 Å². The Labute approximate surface area is 212 Å². The molecule has 5 rings (SSSR count). The second-order valence-corrected chi connectivity index (χ2v) is 9.30. The zero-order valence-electron chi connectivity index (χ0n) is 19.8. The Bertz CT molecular complexity index is 1480. The number of methoxy groups -OCH3 is 1. The number of hydrogen-bond donors (Lipinski definition) is 1. The summed E-state index contributed by atoms with van der Waals surface area (Å²) in [5.41, 5.74) is 1.78. The van der Waals surface area contributed by atoms with Crippen LogP contribution in [0.5, 0.6) is 11.5 Å². The third kappa shape index (κ3) is 4.20. The van der Waals surface area contributed by atoms with E-state index in [4.69, 9.17) is 9.47 Å². The van der Waals surface area contributed by atoms with Crippen molar-refractivity contribution in [3.05, 3.63) is 89.5 Å². The number of carbonyl (C=O) groups excluding carboxylic acids is 2. The van der Waals surface area contributed by atoms with Crippen molar-refractivity contribution in [3.63, 3.8) is 0 Å². The van der Waals surface area contributed by atoms with Crippen LogP contribution < -0.4 is 14.4 Å². The second kappa shape index (κ2) is 9.83. The average molecular weight is 501 g/mol. The van der Waals surface area contributed by atoms with Crippen molar-refractivity contribution in [2.24, 2.45) is 0 Å². The predicted molar refractivity (Wildman–Crippen MR) is 140 cm³/mol. The Kier molecular flexibility index (Phi) is 6.43. The Morgan fingerprint density at radius 3 is 2.58 bits per heavy atom. The van der Waals surface area contributed by atoms with Crippen molar-refractivity contribution in [2.45, 2.75) is 19.4 Å². The minimum atomic E-state index is -0.877. The lowest BCUT2D eigenvalue weighted by atomic mass is 9.95. The maximum Gasteiger partial charge on any atom is 0.301 e. The molecule has 2 heterocycles. The number of aromatic nitrogens is 1. The number of hydrogen-bond acceptors (Lipinski definition) is 7. The molecule has 1 fully saturated rings. The molecule has 1 atom stereocenters. The third-order valence-electron chi connectivity index (χ3n) is 5.93. The second-order valence-electron chi connectivity index (χ2n) is 8.29. The first-order valence-electron chi connectivity index (χ1n) is 11.6. The van der Waals surface area contributed by atoms with Gasteiger partial charge in [-0.05, 0) is 42.3 Å². The summed E-state index contributed by atoms with van der Waals surface area (Å²) >= 11 is 1.28. The van der Waals surface area contributed by atoms with Crippen molar-refractivity contribution in [2.75, 3.05) is 18.6 Å². The SMILES string of the molecule is CCCOc1cccc(C2C(=C(O)c3ccccc3)C(=O)C(=O)N2c2nc3ccc(OC)cc3s2)c1. The van der Waals surface area contributed by atoms with Crippen LogP contribution in [0.15, 0.2) is 78.4 Å². The molecule has 1 aromatic heterocycles. The third-order valence-corrected chi connectivity index (χ3v) is 6.95. The van der Waals surface area contributed by atoms with Gasteiger partial charge in [0.25, 0.3) is 5.78 Å². The van der Waals surface area contributed by atoms with Crippen molar-refractivity contribution in [1.82, 2.24) is 4.98 Å². The number of benzene rings is 3. The van der Waals surface area contributed by atoms with E-state index in [0.29, 0.717) is 39.9 Å². The minimum absolute atomic E-state index is 0.00989. The highest BCUT2D eigenvalue weighted by atomic mass is 32.1. The molecule has 1 amide bonds. The van der Waals surface area contributed by atoms with Crippen LogP contribution in [0.1, 0.15) is 30.5 Å². The van der Waals surface area contributed by atoms with E-state index in [1.807, 2.05) is 43.3 Å². The summed E-state index contributed by atoms with van der Waals surface area (Å²) in [5, 5.41) is 11.6. The van der Waals surface area contributed by atoms with Crippen LogP contribution in [0.25, 0.3) is 16.0 Å². The molecule has 1 saturated heterocycles. The van der Waals surface area contributed by atoms with Crippen LogP contribution in [-0.2, 0) is 9.59 Å².